The van der Waals surface area contributed by atoms with Crippen molar-refractivity contribution < 1.29 is 29.4 Å². The molecule has 0 aromatic heterocycles. The van der Waals surface area contributed by atoms with Crippen LogP contribution in [0.25, 0.3) is 0 Å². The largest absolute Gasteiger partial charge is 0.481 e. The average Bonchev–Trinajstić information content (AvgIpc) is 2.68. The maximum Gasteiger partial charge on any atom is 0.326 e. The standard InChI is InChI=1S/C25H39NO6S/c1-17(2)8-6-9-18(3)10-7-11-19(4)12-13-33-16-21(24(29)30)14-22(28)15-23(25(31)32)26-20(5)27/h8,10,12,21,23H,6-7,9,11,13-16H2,1-5H3,(H,26,27)(H,29,30)(H,31,32)/b18-10+,19-12+. The predicted molar refractivity (Wildman–Crippen MR) is 133 cm³/mol. The molecule has 2 atom stereocenters. The minimum absolute atomic E-state index is 0.256. The highest BCUT2D eigenvalue weighted by molar-refractivity contribution is 7.99. The molecule has 0 bridgehead atoms. The zero-order valence-electron chi connectivity index (χ0n) is 20.5. The van der Waals surface area contributed by atoms with E-state index in [0.717, 1.165) is 32.6 Å². The van der Waals surface area contributed by atoms with Gasteiger partial charge in [-0.15, -0.1) is 0 Å². The van der Waals surface area contributed by atoms with Gasteiger partial charge in [-0.05, 0) is 53.4 Å². The molecule has 7 nitrogen and oxygen atoms in total. The molecule has 0 aliphatic carbocycles. The molecule has 0 aliphatic rings. The van der Waals surface area contributed by atoms with Crippen LogP contribution in [0.2, 0.25) is 0 Å². The summed E-state index contributed by atoms with van der Waals surface area (Å²) in [5.74, 6) is -3.45. The lowest BCUT2D eigenvalue weighted by Gasteiger charge is -2.15. The lowest BCUT2D eigenvalue weighted by atomic mass is 10.00. The van der Waals surface area contributed by atoms with Crippen molar-refractivity contribution in [1.82, 2.24) is 5.32 Å². The number of carbonyl (C=O) groups excluding carboxylic acids is 2. The van der Waals surface area contributed by atoms with Crippen LogP contribution < -0.4 is 5.32 Å². The van der Waals surface area contributed by atoms with Crippen molar-refractivity contribution in [3.05, 3.63) is 34.9 Å². The Morgan fingerprint density at radius 2 is 1.39 bits per heavy atom. The summed E-state index contributed by atoms with van der Waals surface area (Å²) >= 11 is 1.43. The van der Waals surface area contributed by atoms with E-state index in [0.29, 0.717) is 5.75 Å². The van der Waals surface area contributed by atoms with Crippen LogP contribution in [0.15, 0.2) is 34.9 Å². The first-order valence-electron chi connectivity index (χ1n) is 11.2. The van der Waals surface area contributed by atoms with Crippen molar-refractivity contribution in [2.75, 3.05) is 11.5 Å². The summed E-state index contributed by atoms with van der Waals surface area (Å²) < 4.78 is 0. The van der Waals surface area contributed by atoms with Gasteiger partial charge in [0.1, 0.15) is 11.8 Å². The highest BCUT2D eigenvalue weighted by Gasteiger charge is 2.26. The lowest BCUT2D eigenvalue weighted by Crippen LogP contribution is -2.41. The molecule has 0 aromatic rings. The number of amides is 1. The topological polar surface area (TPSA) is 121 Å². The van der Waals surface area contributed by atoms with Gasteiger partial charge in [-0.3, -0.25) is 14.4 Å². The van der Waals surface area contributed by atoms with Gasteiger partial charge in [-0.25, -0.2) is 4.79 Å². The first-order valence-corrected chi connectivity index (χ1v) is 12.3. The van der Waals surface area contributed by atoms with Gasteiger partial charge in [0.2, 0.25) is 5.91 Å². The Bertz CT molecular complexity index is 765. The van der Waals surface area contributed by atoms with Gasteiger partial charge in [0, 0.05) is 31.3 Å². The summed E-state index contributed by atoms with van der Waals surface area (Å²) in [5, 5.41) is 20.7. The molecule has 2 unspecified atom stereocenters. The Labute approximate surface area is 201 Å². The van der Waals surface area contributed by atoms with Crippen LogP contribution in [-0.2, 0) is 19.2 Å². The van der Waals surface area contributed by atoms with E-state index in [9.17, 15) is 24.3 Å². The van der Waals surface area contributed by atoms with Crippen molar-refractivity contribution in [3.8, 4) is 0 Å². The second kappa shape index (κ2) is 17.2. The Morgan fingerprint density at radius 1 is 0.818 bits per heavy atom. The number of carboxylic acid groups (broad SMARTS) is 2. The van der Waals surface area contributed by atoms with Crippen LogP contribution in [-0.4, -0.2) is 51.4 Å². The van der Waals surface area contributed by atoms with E-state index in [1.54, 1.807) is 0 Å². The molecule has 0 aliphatic heterocycles. The molecule has 0 fully saturated rings. The fraction of sp³-hybridized carbons (Fsp3) is 0.600. The van der Waals surface area contributed by atoms with Crippen molar-refractivity contribution in [2.45, 2.75) is 79.2 Å². The molecule has 0 rings (SSSR count). The summed E-state index contributed by atoms with van der Waals surface area (Å²) in [7, 11) is 0. The minimum Gasteiger partial charge on any atom is -0.481 e. The molecular weight excluding hydrogens is 442 g/mol. The van der Waals surface area contributed by atoms with Crippen molar-refractivity contribution in [1.29, 1.82) is 0 Å². The normalized spacial score (nSPS) is 13.7. The van der Waals surface area contributed by atoms with Gasteiger partial charge in [0.15, 0.2) is 0 Å². The second-order valence-electron chi connectivity index (χ2n) is 8.57. The quantitative estimate of drug-likeness (QED) is 0.202. The van der Waals surface area contributed by atoms with E-state index in [1.807, 2.05) is 0 Å². The van der Waals surface area contributed by atoms with Crippen molar-refractivity contribution >= 4 is 35.4 Å². The molecule has 0 saturated heterocycles. The van der Waals surface area contributed by atoms with Gasteiger partial charge in [-0.1, -0.05) is 34.9 Å². The number of Topliss-reactive ketones (excluding diaryl/α,β-unsaturated/α-hetero) is 1. The average molecular weight is 482 g/mol. The van der Waals surface area contributed by atoms with E-state index >= 15 is 0 Å². The summed E-state index contributed by atoms with van der Waals surface area (Å²) in [6.45, 7) is 9.57. The molecule has 0 radical (unpaired) electrons. The third-order valence-corrected chi connectivity index (χ3v) is 5.96. The van der Waals surface area contributed by atoms with Crippen LogP contribution >= 0.6 is 11.8 Å². The highest BCUT2D eigenvalue weighted by atomic mass is 32.2. The Balaban J connectivity index is 4.46. The Kier molecular flexibility index (Phi) is 15.9. The number of hydrogen-bond acceptors (Lipinski definition) is 5. The first kappa shape index (κ1) is 30.6. The number of carboxylic acids is 2. The molecule has 0 aromatic carbocycles. The minimum atomic E-state index is -1.34. The van der Waals surface area contributed by atoms with Crippen molar-refractivity contribution in [2.24, 2.45) is 5.92 Å². The van der Waals surface area contributed by atoms with E-state index in [-0.39, 0.29) is 12.2 Å². The summed E-state index contributed by atoms with van der Waals surface area (Å²) in [4.78, 5) is 45.9. The van der Waals surface area contributed by atoms with Crippen molar-refractivity contribution in [3.63, 3.8) is 0 Å². The van der Waals surface area contributed by atoms with Crippen LogP contribution in [0, 0.1) is 5.92 Å². The summed E-state index contributed by atoms with van der Waals surface area (Å²) in [6, 6.07) is -1.34. The number of allylic oxidation sites excluding steroid dienone is 5. The molecule has 1 amide bonds. The molecule has 0 heterocycles. The zero-order chi connectivity index (χ0) is 25.4. The van der Waals surface area contributed by atoms with Gasteiger partial charge in [0.25, 0.3) is 0 Å². The highest BCUT2D eigenvalue weighted by Crippen LogP contribution is 2.17. The summed E-state index contributed by atoms with van der Waals surface area (Å²) in [5.41, 5.74) is 3.95. The van der Waals surface area contributed by atoms with Crippen LogP contribution in [0.3, 0.4) is 0 Å². The number of aliphatic carboxylic acids is 2. The number of hydrogen-bond donors (Lipinski definition) is 3. The fourth-order valence-corrected chi connectivity index (χ4v) is 4.08. The molecule has 0 saturated carbocycles. The third kappa shape index (κ3) is 16.9. The van der Waals surface area contributed by atoms with E-state index in [4.69, 9.17) is 5.11 Å². The van der Waals surface area contributed by atoms with Gasteiger partial charge >= 0.3 is 11.9 Å². The first-order chi connectivity index (χ1) is 15.4. The molecule has 33 heavy (non-hydrogen) atoms. The Hall–Kier alpha value is -2.35. The number of carbonyl (C=O) groups is 4. The van der Waals surface area contributed by atoms with E-state index in [2.05, 4.69) is 51.2 Å². The second-order valence-corrected chi connectivity index (χ2v) is 9.65. The molecule has 3 N–H and O–H groups in total. The number of ketones is 1. The molecular formula is C25H39NO6S. The Morgan fingerprint density at radius 3 is 1.91 bits per heavy atom. The predicted octanol–water partition coefficient (Wildman–Crippen LogP) is 4.78. The van der Waals surface area contributed by atoms with Crippen LogP contribution in [0.5, 0.6) is 0 Å². The maximum absolute atomic E-state index is 12.2. The maximum atomic E-state index is 12.2. The van der Waals surface area contributed by atoms with Crippen LogP contribution in [0.1, 0.15) is 73.1 Å². The molecule has 0 spiro atoms. The third-order valence-electron chi connectivity index (χ3n) is 4.92. The van der Waals surface area contributed by atoms with E-state index in [1.165, 1.54) is 28.5 Å². The molecule has 186 valence electrons. The lowest BCUT2D eigenvalue weighted by molar-refractivity contribution is -0.144. The molecule has 8 heteroatoms. The van der Waals surface area contributed by atoms with Gasteiger partial charge in [0.05, 0.1) is 5.92 Å². The smallest absolute Gasteiger partial charge is 0.326 e. The zero-order valence-corrected chi connectivity index (χ0v) is 21.3. The monoisotopic (exact) mass is 481 g/mol. The summed E-state index contributed by atoms with van der Waals surface area (Å²) in [6.07, 6.45) is 9.94. The number of rotatable bonds is 17. The SMILES string of the molecule is CC(=O)NC(CC(=O)CC(CSC/C=C(\C)CC/C=C(\C)CCC=C(C)C)C(=O)O)C(=O)O. The number of nitrogens with one attached hydrogen (secondary N) is 1. The van der Waals surface area contributed by atoms with Gasteiger partial charge in [-0.2, -0.15) is 11.8 Å². The van der Waals surface area contributed by atoms with Gasteiger partial charge < -0.3 is 15.5 Å². The van der Waals surface area contributed by atoms with Crippen LogP contribution in [0.4, 0.5) is 0 Å². The van der Waals surface area contributed by atoms with E-state index < -0.39 is 42.0 Å². The number of thioether (sulfide) groups is 1. The fourth-order valence-electron chi connectivity index (χ4n) is 3.00.